The summed E-state index contributed by atoms with van der Waals surface area (Å²) >= 11 is 0. The monoisotopic (exact) mass is 793 g/mol. The molecular formula is C56H35N5O. The molecular weight excluding hydrogens is 759 g/mol. The average molecular weight is 794 g/mol. The number of hydrogen-bond donors (Lipinski definition) is 0. The van der Waals surface area contributed by atoms with E-state index < -0.39 is 0 Å². The quantitative estimate of drug-likeness (QED) is 0.161. The maximum atomic E-state index is 6.43. The van der Waals surface area contributed by atoms with Gasteiger partial charge in [-0.25, -0.2) is 19.9 Å². The topological polar surface area (TPSA) is 69.6 Å². The lowest BCUT2D eigenvalue weighted by Crippen LogP contribution is -2.06. The van der Waals surface area contributed by atoms with Gasteiger partial charge in [0, 0.05) is 44.4 Å². The smallest absolute Gasteiger partial charge is 0.167 e. The number of fused-ring (bicyclic) bond motifs is 6. The summed E-state index contributed by atoms with van der Waals surface area (Å²) in [6.45, 7) is 0. The summed E-state index contributed by atoms with van der Waals surface area (Å²) < 4.78 is 8.69. The molecule has 0 amide bonds. The largest absolute Gasteiger partial charge is 0.456 e. The molecule has 0 N–H and O–H groups in total. The summed E-state index contributed by atoms with van der Waals surface area (Å²) in [7, 11) is 0. The minimum Gasteiger partial charge on any atom is -0.456 e. The van der Waals surface area contributed by atoms with Crippen molar-refractivity contribution in [3.8, 4) is 73.4 Å². The van der Waals surface area contributed by atoms with Crippen LogP contribution in [0.2, 0.25) is 0 Å². The second-order valence-corrected chi connectivity index (χ2v) is 15.4. The highest BCUT2D eigenvalue weighted by Gasteiger charge is 2.23. The van der Waals surface area contributed by atoms with Crippen LogP contribution in [0.5, 0.6) is 0 Å². The van der Waals surface area contributed by atoms with Gasteiger partial charge in [-0.15, -0.1) is 0 Å². The summed E-state index contributed by atoms with van der Waals surface area (Å²) in [6, 6.07) is 71.3. The first-order valence-electron chi connectivity index (χ1n) is 20.7. The molecule has 0 bridgehead atoms. The van der Waals surface area contributed by atoms with Crippen LogP contribution >= 0.6 is 0 Å². The summed E-state index contributed by atoms with van der Waals surface area (Å²) in [6.07, 6.45) is 2.00. The van der Waals surface area contributed by atoms with Crippen LogP contribution in [0.4, 0.5) is 0 Å². The van der Waals surface area contributed by atoms with E-state index in [-0.39, 0.29) is 0 Å². The molecule has 0 atom stereocenters. The van der Waals surface area contributed by atoms with E-state index in [1.807, 2.05) is 79.0 Å². The molecule has 0 spiro atoms. The molecule has 0 saturated carbocycles. The maximum absolute atomic E-state index is 6.43. The molecule has 0 saturated heterocycles. The van der Waals surface area contributed by atoms with Gasteiger partial charge in [0.25, 0.3) is 0 Å². The second kappa shape index (κ2) is 14.7. The standard InChI is InChI=1S/C56H35N5O/c1-5-17-36(18-6-1)40-29-30-42(37-19-7-2-8-20-37)45(31-40)41-32-48(55-59-53(38-21-9-3-10-22-38)58-54(60-55)39-23-11-4-12-24-39)56(57-35-41)61-49-27-15-13-25-43(49)46-34-52-47(33-50(46)61)44-26-14-16-28-51(44)62-52/h1-35H. The van der Waals surface area contributed by atoms with Crippen molar-refractivity contribution in [2.24, 2.45) is 0 Å². The lowest BCUT2D eigenvalue weighted by molar-refractivity contribution is 0.669. The number of hydrogen-bond acceptors (Lipinski definition) is 5. The second-order valence-electron chi connectivity index (χ2n) is 15.4. The van der Waals surface area contributed by atoms with Crippen molar-refractivity contribution in [3.63, 3.8) is 0 Å². The van der Waals surface area contributed by atoms with E-state index in [1.165, 1.54) is 0 Å². The third-order valence-corrected chi connectivity index (χ3v) is 11.7. The number of nitrogens with zero attached hydrogens (tertiary/aromatic N) is 5. The van der Waals surface area contributed by atoms with Gasteiger partial charge in [-0.1, -0.05) is 170 Å². The molecule has 6 nitrogen and oxygen atoms in total. The first-order valence-corrected chi connectivity index (χ1v) is 20.7. The zero-order valence-corrected chi connectivity index (χ0v) is 33.4. The van der Waals surface area contributed by atoms with Gasteiger partial charge in [-0.2, -0.15) is 0 Å². The van der Waals surface area contributed by atoms with Crippen LogP contribution in [0.3, 0.4) is 0 Å². The van der Waals surface area contributed by atoms with E-state index in [1.54, 1.807) is 0 Å². The molecule has 0 fully saturated rings. The molecule has 4 aromatic heterocycles. The highest BCUT2D eigenvalue weighted by atomic mass is 16.3. The Labute approximate surface area is 357 Å². The van der Waals surface area contributed by atoms with Crippen molar-refractivity contribution in [3.05, 3.63) is 212 Å². The highest BCUT2D eigenvalue weighted by Crippen LogP contribution is 2.42. The Morgan fingerprint density at radius 2 is 0.887 bits per heavy atom. The normalized spacial score (nSPS) is 11.5. The Hall–Kier alpha value is -8.48. The molecule has 0 unspecified atom stereocenters. The number of benzene rings is 8. The number of para-hydroxylation sites is 2. The van der Waals surface area contributed by atoms with E-state index in [0.29, 0.717) is 23.3 Å². The minimum absolute atomic E-state index is 0.517. The molecule has 8 aromatic carbocycles. The first-order chi connectivity index (χ1) is 30.7. The molecule has 6 heteroatoms. The van der Waals surface area contributed by atoms with Crippen molar-refractivity contribution < 1.29 is 4.42 Å². The van der Waals surface area contributed by atoms with E-state index in [4.69, 9.17) is 24.4 Å². The van der Waals surface area contributed by atoms with Crippen LogP contribution in [0, 0.1) is 0 Å². The van der Waals surface area contributed by atoms with Crippen molar-refractivity contribution in [1.29, 1.82) is 0 Å². The summed E-state index contributed by atoms with van der Waals surface area (Å²) in [5.74, 6) is 2.38. The molecule has 12 rings (SSSR count). The Bertz CT molecular complexity index is 3560. The van der Waals surface area contributed by atoms with Gasteiger partial charge >= 0.3 is 0 Å². The van der Waals surface area contributed by atoms with Gasteiger partial charge < -0.3 is 4.42 Å². The number of furan rings is 1. The molecule has 0 radical (unpaired) electrons. The predicted molar refractivity (Wildman–Crippen MR) is 252 cm³/mol. The first kappa shape index (κ1) is 35.5. The molecule has 0 aliphatic carbocycles. The van der Waals surface area contributed by atoms with E-state index in [2.05, 4.69) is 138 Å². The van der Waals surface area contributed by atoms with Gasteiger partial charge in [-0.3, -0.25) is 4.57 Å². The van der Waals surface area contributed by atoms with Crippen molar-refractivity contribution in [2.45, 2.75) is 0 Å². The van der Waals surface area contributed by atoms with Crippen LogP contribution in [0.25, 0.3) is 117 Å². The van der Waals surface area contributed by atoms with Crippen molar-refractivity contribution in [1.82, 2.24) is 24.5 Å². The van der Waals surface area contributed by atoms with Crippen LogP contribution < -0.4 is 0 Å². The van der Waals surface area contributed by atoms with Gasteiger partial charge in [0.05, 0.1) is 16.6 Å². The molecule has 290 valence electrons. The SMILES string of the molecule is c1ccc(-c2ccc(-c3ccccc3)c(-c3cnc(-n4c5ccccc5c5cc6oc7ccccc7c6cc54)c(-c4nc(-c5ccccc5)nc(-c5ccccc5)n4)c3)c2)cc1. The van der Waals surface area contributed by atoms with Gasteiger partial charge in [0.2, 0.25) is 0 Å². The van der Waals surface area contributed by atoms with E-state index in [0.717, 1.165) is 93.8 Å². The minimum atomic E-state index is 0.517. The fourth-order valence-electron chi connectivity index (χ4n) is 8.75. The van der Waals surface area contributed by atoms with E-state index in [9.17, 15) is 0 Å². The van der Waals surface area contributed by atoms with Crippen LogP contribution in [-0.4, -0.2) is 24.5 Å². The van der Waals surface area contributed by atoms with Gasteiger partial charge in [-0.05, 0) is 64.2 Å². The molecule has 4 heterocycles. The van der Waals surface area contributed by atoms with Crippen LogP contribution in [0.1, 0.15) is 0 Å². The summed E-state index contributed by atoms with van der Waals surface area (Å²) in [5, 5.41) is 4.26. The zero-order chi connectivity index (χ0) is 41.0. The maximum Gasteiger partial charge on any atom is 0.167 e. The lowest BCUT2D eigenvalue weighted by Gasteiger charge is -2.17. The fraction of sp³-hybridized carbons (Fsp3) is 0. The Balaban J connectivity index is 1.18. The fourth-order valence-corrected chi connectivity index (χ4v) is 8.75. The molecule has 12 aromatic rings. The van der Waals surface area contributed by atoms with Crippen LogP contribution in [-0.2, 0) is 0 Å². The van der Waals surface area contributed by atoms with Gasteiger partial charge in [0.15, 0.2) is 17.5 Å². The summed E-state index contributed by atoms with van der Waals surface area (Å²) in [4.78, 5) is 21.2. The molecule has 0 aliphatic heterocycles. The van der Waals surface area contributed by atoms with E-state index >= 15 is 0 Å². The molecule has 62 heavy (non-hydrogen) atoms. The van der Waals surface area contributed by atoms with Crippen LogP contribution in [0.15, 0.2) is 217 Å². The zero-order valence-electron chi connectivity index (χ0n) is 33.4. The number of rotatable bonds is 7. The van der Waals surface area contributed by atoms with Gasteiger partial charge in [0.1, 0.15) is 17.0 Å². The Morgan fingerprint density at radius 3 is 1.58 bits per heavy atom. The average Bonchev–Trinajstić information content (AvgIpc) is 3.88. The summed E-state index contributed by atoms with van der Waals surface area (Å²) in [5.41, 5.74) is 12.7. The predicted octanol–water partition coefficient (Wildman–Crippen LogP) is 14.3. The van der Waals surface area contributed by atoms with Crippen molar-refractivity contribution in [2.75, 3.05) is 0 Å². The lowest BCUT2D eigenvalue weighted by atomic mass is 9.91. The number of aromatic nitrogens is 5. The third-order valence-electron chi connectivity index (χ3n) is 11.7. The van der Waals surface area contributed by atoms with Crippen molar-refractivity contribution >= 4 is 43.7 Å². The third kappa shape index (κ3) is 6.04. The Morgan fingerprint density at radius 1 is 0.323 bits per heavy atom. The molecule has 0 aliphatic rings. The Kier molecular flexibility index (Phi) is 8.38. The highest BCUT2D eigenvalue weighted by molar-refractivity contribution is 6.17. The number of pyridine rings is 1.